The number of halogens is 3. The molecule has 0 heterocycles. The van der Waals surface area contributed by atoms with Crippen LogP contribution in [0.2, 0.25) is 0 Å². The van der Waals surface area contributed by atoms with Crippen molar-refractivity contribution in [3.63, 3.8) is 0 Å². The van der Waals surface area contributed by atoms with E-state index in [1.165, 1.54) is 18.2 Å². The molecule has 0 aliphatic carbocycles. The Bertz CT molecular complexity index is 743. The zero-order chi connectivity index (χ0) is 18.3. The number of para-hydroxylation sites is 1. The van der Waals surface area contributed by atoms with E-state index in [-0.39, 0.29) is 24.4 Å². The number of ether oxygens (including phenoxy) is 1. The molecule has 4 nitrogen and oxygen atoms in total. The Morgan fingerprint density at radius 3 is 2.36 bits per heavy atom. The molecule has 0 saturated carbocycles. The van der Waals surface area contributed by atoms with Crippen LogP contribution in [0.4, 0.5) is 18.9 Å². The Morgan fingerprint density at radius 1 is 1.08 bits per heavy atom. The van der Waals surface area contributed by atoms with Crippen molar-refractivity contribution in [1.82, 2.24) is 0 Å². The monoisotopic (exact) mass is 350 g/mol. The fourth-order valence-electron chi connectivity index (χ4n) is 2.12. The number of carbonyl (C=O) groups is 1. The summed E-state index contributed by atoms with van der Waals surface area (Å²) in [6.45, 7) is 1.79. The maximum atomic E-state index is 13.0. The minimum absolute atomic E-state index is 0.00923. The summed E-state index contributed by atoms with van der Waals surface area (Å²) < 4.78 is 44.0. The summed E-state index contributed by atoms with van der Waals surface area (Å²) in [6.07, 6.45) is -4.39. The first kappa shape index (κ1) is 18.5. The molecule has 2 aromatic carbocycles. The summed E-state index contributed by atoms with van der Waals surface area (Å²) >= 11 is 0. The lowest BCUT2D eigenvalue weighted by Gasteiger charge is -2.13. The van der Waals surface area contributed by atoms with Gasteiger partial charge in [-0.25, -0.2) is 4.79 Å². The number of benzene rings is 2. The summed E-state index contributed by atoms with van der Waals surface area (Å²) in [6, 6.07) is 13.9. The Balaban J connectivity index is 2.27. The van der Waals surface area contributed by atoms with Crippen LogP contribution in [0.15, 0.2) is 59.7 Å². The summed E-state index contributed by atoms with van der Waals surface area (Å²) in [5.41, 5.74) is 2.04. The average Bonchev–Trinajstić information content (AvgIpc) is 2.59. The number of alkyl halides is 3. The van der Waals surface area contributed by atoms with Crippen LogP contribution in [0, 0.1) is 0 Å². The molecule has 0 saturated heterocycles. The molecule has 0 aliphatic heterocycles. The van der Waals surface area contributed by atoms with E-state index < -0.39 is 17.7 Å². The smallest absolute Gasteiger partial charge is 0.418 e. The van der Waals surface area contributed by atoms with Gasteiger partial charge in [0.15, 0.2) is 0 Å². The van der Waals surface area contributed by atoms with Crippen molar-refractivity contribution in [2.45, 2.75) is 19.5 Å². The SMILES string of the molecule is CCOC(=O)/C(Cc1ccccc1)=N/Nc1ccccc1C(F)(F)F. The van der Waals surface area contributed by atoms with Crippen LogP contribution in [0.25, 0.3) is 0 Å². The first-order chi connectivity index (χ1) is 11.9. The predicted molar refractivity (Wildman–Crippen MR) is 89.3 cm³/mol. The van der Waals surface area contributed by atoms with Crippen LogP contribution in [-0.4, -0.2) is 18.3 Å². The molecular weight excluding hydrogens is 333 g/mol. The molecule has 0 atom stereocenters. The number of hydrogen-bond donors (Lipinski definition) is 1. The first-order valence-corrected chi connectivity index (χ1v) is 7.61. The Kier molecular flexibility index (Phi) is 6.16. The van der Waals surface area contributed by atoms with Crippen LogP contribution in [-0.2, 0) is 22.1 Å². The standard InChI is InChI=1S/C18H17F3N2O2/c1-2-25-17(24)16(12-13-8-4-3-5-9-13)23-22-15-11-7-6-10-14(15)18(19,20)21/h3-11,22H,2,12H2,1H3/b23-16+. The van der Waals surface area contributed by atoms with E-state index in [1.807, 2.05) is 6.07 Å². The molecule has 0 bridgehead atoms. The van der Waals surface area contributed by atoms with Gasteiger partial charge in [0.25, 0.3) is 0 Å². The molecule has 25 heavy (non-hydrogen) atoms. The highest BCUT2D eigenvalue weighted by molar-refractivity contribution is 6.37. The van der Waals surface area contributed by atoms with Gasteiger partial charge in [0.2, 0.25) is 0 Å². The van der Waals surface area contributed by atoms with Crippen molar-refractivity contribution in [1.29, 1.82) is 0 Å². The normalized spacial score (nSPS) is 11.9. The van der Waals surface area contributed by atoms with Gasteiger partial charge in [-0.05, 0) is 24.6 Å². The van der Waals surface area contributed by atoms with E-state index >= 15 is 0 Å². The fourth-order valence-corrected chi connectivity index (χ4v) is 2.12. The molecule has 2 aromatic rings. The third-order valence-corrected chi connectivity index (χ3v) is 3.27. The van der Waals surface area contributed by atoms with Gasteiger partial charge in [0.05, 0.1) is 17.9 Å². The largest absolute Gasteiger partial charge is 0.461 e. The van der Waals surface area contributed by atoms with Gasteiger partial charge >= 0.3 is 12.1 Å². The molecule has 132 valence electrons. The van der Waals surface area contributed by atoms with Gasteiger partial charge in [0.1, 0.15) is 5.71 Å². The summed E-state index contributed by atoms with van der Waals surface area (Å²) in [4.78, 5) is 12.0. The number of hydrazone groups is 1. The van der Waals surface area contributed by atoms with E-state index in [9.17, 15) is 18.0 Å². The number of rotatable bonds is 6. The van der Waals surface area contributed by atoms with Crippen molar-refractivity contribution in [2.75, 3.05) is 12.0 Å². The lowest BCUT2D eigenvalue weighted by molar-refractivity contribution is -0.137. The predicted octanol–water partition coefficient (Wildman–Crippen LogP) is 4.28. The van der Waals surface area contributed by atoms with Crippen LogP contribution in [0.1, 0.15) is 18.1 Å². The molecule has 0 spiro atoms. The van der Waals surface area contributed by atoms with E-state index in [0.717, 1.165) is 11.6 Å². The number of nitrogens with one attached hydrogen (secondary N) is 1. The van der Waals surface area contributed by atoms with Gasteiger partial charge in [-0.15, -0.1) is 0 Å². The van der Waals surface area contributed by atoms with E-state index in [4.69, 9.17) is 4.74 Å². The zero-order valence-electron chi connectivity index (χ0n) is 13.5. The highest BCUT2D eigenvalue weighted by Gasteiger charge is 2.33. The zero-order valence-corrected chi connectivity index (χ0v) is 13.5. The minimum Gasteiger partial charge on any atom is -0.461 e. The third kappa shape index (κ3) is 5.34. The topological polar surface area (TPSA) is 50.7 Å². The number of esters is 1. The van der Waals surface area contributed by atoms with E-state index in [1.54, 1.807) is 31.2 Å². The lowest BCUT2D eigenvalue weighted by atomic mass is 10.1. The van der Waals surface area contributed by atoms with Crippen molar-refractivity contribution in [3.05, 3.63) is 65.7 Å². The molecule has 7 heteroatoms. The van der Waals surface area contributed by atoms with Gasteiger partial charge in [-0.3, -0.25) is 5.43 Å². The van der Waals surface area contributed by atoms with Crippen molar-refractivity contribution >= 4 is 17.4 Å². The summed E-state index contributed by atoms with van der Waals surface area (Å²) in [5, 5.41) is 3.87. The van der Waals surface area contributed by atoms with E-state index in [2.05, 4.69) is 10.5 Å². The summed E-state index contributed by atoms with van der Waals surface area (Å²) in [7, 11) is 0. The first-order valence-electron chi connectivity index (χ1n) is 7.61. The number of anilines is 1. The fraction of sp³-hybridized carbons (Fsp3) is 0.222. The Labute approximate surface area is 143 Å². The van der Waals surface area contributed by atoms with Crippen LogP contribution in [0.5, 0.6) is 0 Å². The number of carbonyl (C=O) groups excluding carboxylic acids is 1. The molecular formula is C18H17F3N2O2. The Morgan fingerprint density at radius 2 is 1.72 bits per heavy atom. The number of nitrogens with zero attached hydrogens (tertiary/aromatic N) is 1. The second-order valence-electron chi connectivity index (χ2n) is 5.10. The lowest BCUT2D eigenvalue weighted by Crippen LogP contribution is -2.21. The van der Waals surface area contributed by atoms with Gasteiger partial charge < -0.3 is 4.74 Å². The highest BCUT2D eigenvalue weighted by atomic mass is 19.4. The van der Waals surface area contributed by atoms with Gasteiger partial charge in [-0.1, -0.05) is 42.5 Å². The molecule has 1 N–H and O–H groups in total. The van der Waals surface area contributed by atoms with Gasteiger partial charge in [-0.2, -0.15) is 18.3 Å². The summed E-state index contributed by atoms with van der Waals surface area (Å²) in [5.74, 6) is -0.677. The second-order valence-corrected chi connectivity index (χ2v) is 5.10. The Hall–Kier alpha value is -2.83. The van der Waals surface area contributed by atoms with Crippen molar-refractivity contribution < 1.29 is 22.7 Å². The van der Waals surface area contributed by atoms with Crippen LogP contribution < -0.4 is 5.43 Å². The van der Waals surface area contributed by atoms with Crippen LogP contribution >= 0.6 is 0 Å². The quantitative estimate of drug-likeness (QED) is 0.481. The molecule has 0 amide bonds. The van der Waals surface area contributed by atoms with E-state index in [0.29, 0.717) is 0 Å². The van der Waals surface area contributed by atoms with Crippen molar-refractivity contribution in [3.8, 4) is 0 Å². The molecule has 0 fully saturated rings. The van der Waals surface area contributed by atoms with Gasteiger partial charge in [0, 0.05) is 6.42 Å². The van der Waals surface area contributed by atoms with Crippen LogP contribution in [0.3, 0.4) is 0 Å². The molecule has 0 aliphatic rings. The highest BCUT2D eigenvalue weighted by Crippen LogP contribution is 2.34. The third-order valence-electron chi connectivity index (χ3n) is 3.27. The molecule has 0 radical (unpaired) electrons. The molecule has 0 unspecified atom stereocenters. The maximum Gasteiger partial charge on any atom is 0.418 e. The average molecular weight is 350 g/mol. The molecule has 0 aromatic heterocycles. The minimum atomic E-state index is -4.53. The number of hydrogen-bond acceptors (Lipinski definition) is 4. The van der Waals surface area contributed by atoms with Crippen molar-refractivity contribution in [2.24, 2.45) is 5.10 Å². The maximum absolute atomic E-state index is 13.0. The second kappa shape index (κ2) is 8.32. The molecule has 2 rings (SSSR count).